The van der Waals surface area contributed by atoms with Crippen LogP contribution in [-0.4, -0.2) is 45.1 Å². The molecule has 0 aromatic carbocycles. The van der Waals surface area contributed by atoms with Crippen molar-refractivity contribution < 1.29 is 28.1 Å². The van der Waals surface area contributed by atoms with E-state index in [2.05, 4.69) is 0 Å². The van der Waals surface area contributed by atoms with Crippen molar-refractivity contribution in [1.29, 1.82) is 0 Å². The third-order valence-electron chi connectivity index (χ3n) is 1.99. The number of esters is 2. The lowest BCUT2D eigenvalue weighted by Gasteiger charge is -2.19. The number of hydrogen-bond donors (Lipinski definition) is 0. The lowest BCUT2D eigenvalue weighted by Crippen LogP contribution is -2.30. The molecule has 0 N–H and O–H groups in total. The Labute approximate surface area is 122 Å². The van der Waals surface area contributed by atoms with Crippen molar-refractivity contribution in [2.75, 3.05) is 33.2 Å². The van der Waals surface area contributed by atoms with Crippen LogP contribution in [0.5, 0.6) is 0 Å². The first-order chi connectivity index (χ1) is 8.94. The second-order valence-corrected chi connectivity index (χ2v) is 9.73. The van der Waals surface area contributed by atoms with Crippen LogP contribution in [0.2, 0.25) is 0 Å². The van der Waals surface area contributed by atoms with Gasteiger partial charge in [0, 0.05) is 20.0 Å². The molecule has 0 saturated heterocycles. The van der Waals surface area contributed by atoms with Crippen molar-refractivity contribution in [2.45, 2.75) is 13.8 Å². The van der Waals surface area contributed by atoms with Gasteiger partial charge in [-0.2, -0.15) is 0 Å². The van der Waals surface area contributed by atoms with Crippen molar-refractivity contribution in [1.82, 2.24) is 0 Å². The first-order valence-corrected chi connectivity index (χ1v) is 9.86. The van der Waals surface area contributed by atoms with E-state index in [1.54, 1.807) is 13.8 Å². The molecule has 0 aliphatic heterocycles. The summed E-state index contributed by atoms with van der Waals surface area (Å²) in [6, 6.07) is 0. The van der Waals surface area contributed by atoms with E-state index in [0.29, 0.717) is 0 Å². The summed E-state index contributed by atoms with van der Waals surface area (Å²) in [5, 5.41) is 0. The number of rotatable bonds is 9. The number of hydrogen-bond acceptors (Lipinski definition) is 8. The molecule has 0 rings (SSSR count). The van der Waals surface area contributed by atoms with Gasteiger partial charge in [-0.1, -0.05) is 11.4 Å². The number of carbonyl (C=O) groups excluding carboxylic acids is 2. The summed E-state index contributed by atoms with van der Waals surface area (Å²) in [5.74, 6) is -2.15. The van der Waals surface area contributed by atoms with Crippen molar-refractivity contribution in [3.63, 3.8) is 0 Å². The predicted octanol–water partition coefficient (Wildman–Crippen LogP) is 1.98. The van der Waals surface area contributed by atoms with Crippen LogP contribution >= 0.6 is 17.1 Å². The largest absolute Gasteiger partial charge is 0.465 e. The Morgan fingerprint density at radius 2 is 1.53 bits per heavy atom. The molecule has 6 nitrogen and oxygen atoms in total. The average molecular weight is 330 g/mol. The Bertz CT molecular complexity index is 323. The molecule has 0 radical (unpaired) electrons. The molecule has 9 heteroatoms. The van der Waals surface area contributed by atoms with Gasteiger partial charge >= 0.3 is 11.9 Å². The van der Waals surface area contributed by atoms with Gasteiger partial charge in [0.05, 0.1) is 13.2 Å². The highest BCUT2D eigenvalue weighted by molar-refractivity contribution is 8.67. The van der Waals surface area contributed by atoms with E-state index >= 15 is 0 Å². The lowest BCUT2D eigenvalue weighted by atomic mass is 10.2. The quantitative estimate of drug-likeness (QED) is 0.361. The van der Waals surface area contributed by atoms with Gasteiger partial charge in [0.1, 0.15) is 0 Å². The predicted molar refractivity (Wildman–Crippen MR) is 77.5 cm³/mol. The zero-order valence-corrected chi connectivity index (χ0v) is 13.9. The van der Waals surface area contributed by atoms with Crippen LogP contribution in [0, 0.1) is 5.92 Å². The van der Waals surface area contributed by atoms with E-state index in [9.17, 15) is 9.59 Å². The monoisotopic (exact) mass is 330 g/mol. The molecule has 0 fully saturated rings. The number of carbonyl (C=O) groups is 2. The topological polar surface area (TPSA) is 71.1 Å². The van der Waals surface area contributed by atoms with Crippen molar-refractivity contribution in [2.24, 2.45) is 5.92 Å². The SMILES string of the molecule is CCOC(=O)C(CSP(=S)(OC)OC)C(=O)OCC. The van der Waals surface area contributed by atoms with E-state index in [1.807, 2.05) is 0 Å². The summed E-state index contributed by atoms with van der Waals surface area (Å²) in [6.07, 6.45) is 0. The lowest BCUT2D eigenvalue weighted by molar-refractivity contribution is -0.160. The van der Waals surface area contributed by atoms with Gasteiger partial charge in [0.25, 0.3) is 0 Å². The maximum absolute atomic E-state index is 11.7. The maximum Gasteiger partial charge on any atom is 0.321 e. The maximum atomic E-state index is 11.7. The molecule has 0 aromatic rings. The van der Waals surface area contributed by atoms with E-state index in [4.69, 9.17) is 30.3 Å². The van der Waals surface area contributed by atoms with E-state index < -0.39 is 23.6 Å². The van der Waals surface area contributed by atoms with Gasteiger partial charge in [0.15, 0.2) is 5.92 Å². The summed E-state index contributed by atoms with van der Waals surface area (Å²) in [4.78, 5) is 23.4. The van der Waals surface area contributed by atoms with Crippen LogP contribution in [0.25, 0.3) is 0 Å². The Kier molecular flexibility index (Phi) is 9.64. The standard InChI is InChI=1S/C10H19O6PS2/c1-5-15-9(11)8(10(12)16-6-2)7-19-17(18,13-3)14-4/h8H,5-7H2,1-4H3. The highest BCUT2D eigenvalue weighted by Gasteiger charge is 2.32. The fourth-order valence-electron chi connectivity index (χ4n) is 1.06. The van der Waals surface area contributed by atoms with E-state index in [0.717, 1.165) is 11.4 Å². The average Bonchev–Trinajstić information content (AvgIpc) is 2.39. The van der Waals surface area contributed by atoms with Gasteiger partial charge in [-0.05, 0) is 25.7 Å². The summed E-state index contributed by atoms with van der Waals surface area (Å²) < 4.78 is 19.9. The van der Waals surface area contributed by atoms with E-state index in [-0.39, 0.29) is 19.0 Å². The molecule has 0 saturated carbocycles. The van der Waals surface area contributed by atoms with Gasteiger partial charge in [-0.15, -0.1) is 0 Å². The smallest absolute Gasteiger partial charge is 0.321 e. The first-order valence-electron chi connectivity index (χ1n) is 5.63. The van der Waals surface area contributed by atoms with Crippen LogP contribution in [-0.2, 0) is 39.9 Å². The van der Waals surface area contributed by atoms with Gasteiger partial charge in [0.2, 0.25) is 5.69 Å². The molecule has 0 heterocycles. The Morgan fingerprint density at radius 3 is 1.84 bits per heavy atom. The number of ether oxygens (including phenoxy) is 2. The molecular weight excluding hydrogens is 311 g/mol. The van der Waals surface area contributed by atoms with Gasteiger partial charge < -0.3 is 18.5 Å². The highest BCUT2D eigenvalue weighted by Crippen LogP contribution is 2.60. The zero-order chi connectivity index (χ0) is 14.9. The summed E-state index contributed by atoms with van der Waals surface area (Å²) in [6.45, 7) is 3.73. The molecule has 0 unspecified atom stereocenters. The summed E-state index contributed by atoms with van der Waals surface area (Å²) in [7, 11) is 2.86. The second kappa shape index (κ2) is 9.72. The summed E-state index contributed by atoms with van der Waals surface area (Å²) in [5.41, 5.74) is -2.52. The van der Waals surface area contributed by atoms with Crippen molar-refractivity contribution in [3.05, 3.63) is 0 Å². The van der Waals surface area contributed by atoms with Gasteiger partial charge in [-0.3, -0.25) is 9.59 Å². The zero-order valence-electron chi connectivity index (χ0n) is 11.4. The molecule has 0 atom stereocenters. The molecule has 0 aliphatic carbocycles. The van der Waals surface area contributed by atoms with Crippen molar-refractivity contribution in [3.8, 4) is 0 Å². The third-order valence-corrected chi connectivity index (χ3v) is 7.82. The van der Waals surface area contributed by atoms with Crippen LogP contribution in [0.4, 0.5) is 0 Å². The second-order valence-electron chi connectivity index (χ2n) is 3.16. The minimum absolute atomic E-state index is 0.108. The molecule has 112 valence electrons. The van der Waals surface area contributed by atoms with E-state index in [1.165, 1.54) is 14.2 Å². The fraction of sp³-hybridized carbons (Fsp3) is 0.800. The molecule has 19 heavy (non-hydrogen) atoms. The normalized spacial score (nSPS) is 11.4. The minimum atomic E-state index is -2.52. The first kappa shape index (κ1) is 18.9. The molecule has 0 aliphatic rings. The molecule has 0 amide bonds. The van der Waals surface area contributed by atoms with Crippen LogP contribution < -0.4 is 0 Å². The highest BCUT2D eigenvalue weighted by atomic mass is 32.9. The molecule has 0 spiro atoms. The molecular formula is C10H19O6PS2. The Balaban J connectivity index is 4.72. The third kappa shape index (κ3) is 6.72. The Morgan fingerprint density at radius 1 is 1.11 bits per heavy atom. The van der Waals surface area contributed by atoms with Crippen LogP contribution in [0.15, 0.2) is 0 Å². The molecule has 0 aromatic heterocycles. The summed E-state index contributed by atoms with van der Waals surface area (Å²) >= 11 is 6.27. The van der Waals surface area contributed by atoms with Gasteiger partial charge in [-0.25, -0.2) is 0 Å². The van der Waals surface area contributed by atoms with Crippen LogP contribution in [0.3, 0.4) is 0 Å². The fourth-order valence-corrected chi connectivity index (χ4v) is 4.20. The minimum Gasteiger partial charge on any atom is -0.465 e. The Hall–Kier alpha value is -0.140. The molecule has 0 bridgehead atoms. The van der Waals surface area contributed by atoms with Crippen LogP contribution in [0.1, 0.15) is 13.8 Å². The van der Waals surface area contributed by atoms with Crippen molar-refractivity contribution >= 4 is 40.8 Å².